The second kappa shape index (κ2) is 11.1. The van der Waals surface area contributed by atoms with Gasteiger partial charge in [-0.1, -0.05) is 29.3 Å². The number of ether oxygens (including phenoxy) is 1. The largest absolute Gasteiger partial charge is 0.459 e. The summed E-state index contributed by atoms with van der Waals surface area (Å²) in [6.45, 7) is 5.33. The van der Waals surface area contributed by atoms with E-state index in [1.54, 1.807) is 56.3 Å². The molecule has 8 nitrogen and oxygen atoms in total. The van der Waals surface area contributed by atoms with E-state index in [0.717, 1.165) is 10.5 Å². The van der Waals surface area contributed by atoms with Crippen LogP contribution in [0.5, 0.6) is 0 Å². The standard InChI is InChI=1S/C28H23Cl2N3O5/c1-15(2)38-28(37)18-7-12-21(13-8-18)33-26(35)23(30)24(27(33)36)31-20-10-5-17(6-11-20)25(34)32-22-14-19(29)9-4-16(22)3/h4-15,31H,1-3H3,(H,32,34). The van der Waals surface area contributed by atoms with Crippen LogP contribution < -0.4 is 15.5 Å². The molecule has 1 aliphatic rings. The van der Waals surface area contributed by atoms with Crippen LogP contribution in [-0.4, -0.2) is 29.8 Å². The van der Waals surface area contributed by atoms with Gasteiger partial charge in [0.1, 0.15) is 10.7 Å². The minimum absolute atomic E-state index is 0.105. The molecule has 4 rings (SSSR count). The van der Waals surface area contributed by atoms with Crippen molar-refractivity contribution < 1.29 is 23.9 Å². The van der Waals surface area contributed by atoms with Gasteiger partial charge in [0, 0.05) is 22.0 Å². The van der Waals surface area contributed by atoms with E-state index in [-0.39, 0.29) is 34.0 Å². The number of aryl methyl sites for hydroxylation is 1. The number of hydrogen-bond acceptors (Lipinski definition) is 6. The number of anilines is 3. The van der Waals surface area contributed by atoms with Crippen LogP contribution in [0.15, 0.2) is 77.5 Å². The molecule has 10 heteroatoms. The van der Waals surface area contributed by atoms with Crippen molar-refractivity contribution in [2.75, 3.05) is 15.5 Å². The third kappa shape index (κ3) is 5.72. The Kier molecular flexibility index (Phi) is 7.85. The van der Waals surface area contributed by atoms with Crippen molar-refractivity contribution in [2.45, 2.75) is 26.9 Å². The van der Waals surface area contributed by atoms with Crippen LogP contribution in [0, 0.1) is 6.92 Å². The Hall–Kier alpha value is -4.14. The van der Waals surface area contributed by atoms with E-state index in [1.165, 1.54) is 24.3 Å². The van der Waals surface area contributed by atoms with E-state index in [9.17, 15) is 19.2 Å². The summed E-state index contributed by atoms with van der Waals surface area (Å²) in [5.74, 6) is -2.21. The number of hydrogen-bond donors (Lipinski definition) is 2. The molecule has 1 aliphatic heterocycles. The average molecular weight is 552 g/mol. The second-order valence-electron chi connectivity index (χ2n) is 8.75. The van der Waals surface area contributed by atoms with E-state index in [0.29, 0.717) is 22.0 Å². The van der Waals surface area contributed by atoms with Crippen molar-refractivity contribution in [3.8, 4) is 0 Å². The number of carbonyl (C=O) groups is 4. The van der Waals surface area contributed by atoms with Gasteiger partial charge in [-0.2, -0.15) is 0 Å². The quantitative estimate of drug-likeness (QED) is 0.279. The van der Waals surface area contributed by atoms with Crippen LogP contribution in [0.25, 0.3) is 0 Å². The first-order valence-corrected chi connectivity index (χ1v) is 12.3. The summed E-state index contributed by atoms with van der Waals surface area (Å²) < 4.78 is 5.15. The number of nitrogens with zero attached hydrogens (tertiary/aromatic N) is 1. The third-order valence-electron chi connectivity index (χ3n) is 5.60. The number of nitrogens with one attached hydrogen (secondary N) is 2. The highest BCUT2D eigenvalue weighted by Crippen LogP contribution is 2.30. The Morgan fingerprint density at radius 1 is 0.868 bits per heavy atom. The highest BCUT2D eigenvalue weighted by atomic mass is 35.5. The van der Waals surface area contributed by atoms with Gasteiger partial charge in [-0.3, -0.25) is 14.4 Å². The molecular formula is C28H23Cl2N3O5. The lowest BCUT2D eigenvalue weighted by molar-refractivity contribution is -0.120. The molecule has 3 aromatic rings. The Labute approximate surface area is 229 Å². The Morgan fingerprint density at radius 2 is 1.50 bits per heavy atom. The second-order valence-corrected chi connectivity index (χ2v) is 9.57. The van der Waals surface area contributed by atoms with Crippen LogP contribution >= 0.6 is 23.2 Å². The van der Waals surface area contributed by atoms with E-state index in [4.69, 9.17) is 27.9 Å². The van der Waals surface area contributed by atoms with Crippen molar-refractivity contribution >= 4 is 64.0 Å². The summed E-state index contributed by atoms with van der Waals surface area (Å²) >= 11 is 12.2. The number of halogens is 2. The van der Waals surface area contributed by atoms with Crippen LogP contribution in [-0.2, 0) is 14.3 Å². The molecule has 0 spiro atoms. The summed E-state index contributed by atoms with van der Waals surface area (Å²) in [5.41, 5.74) is 2.72. The maximum Gasteiger partial charge on any atom is 0.338 e. The van der Waals surface area contributed by atoms with E-state index >= 15 is 0 Å². The SMILES string of the molecule is Cc1ccc(Cl)cc1NC(=O)c1ccc(NC2=C(Cl)C(=O)N(c3ccc(C(=O)OC(C)C)cc3)C2=O)cc1. The number of amides is 3. The molecule has 0 atom stereocenters. The zero-order valence-corrected chi connectivity index (χ0v) is 22.2. The lowest BCUT2D eigenvalue weighted by atomic mass is 10.1. The Bertz CT molecular complexity index is 1460. The molecular weight excluding hydrogens is 529 g/mol. The maximum atomic E-state index is 13.1. The number of benzene rings is 3. The highest BCUT2D eigenvalue weighted by molar-refractivity contribution is 6.53. The summed E-state index contributed by atoms with van der Waals surface area (Å²) in [6, 6.07) is 17.4. The first kappa shape index (κ1) is 26.9. The molecule has 0 unspecified atom stereocenters. The molecule has 3 amide bonds. The lowest BCUT2D eigenvalue weighted by Crippen LogP contribution is -2.32. The maximum absolute atomic E-state index is 13.1. The fraction of sp³-hybridized carbons (Fsp3) is 0.143. The number of esters is 1. The molecule has 0 saturated carbocycles. The van der Waals surface area contributed by atoms with Crippen LogP contribution in [0.4, 0.5) is 17.1 Å². The smallest absolute Gasteiger partial charge is 0.338 e. The van der Waals surface area contributed by atoms with Crippen molar-refractivity contribution in [2.24, 2.45) is 0 Å². The van der Waals surface area contributed by atoms with E-state index in [1.807, 2.05) is 6.92 Å². The van der Waals surface area contributed by atoms with Crippen LogP contribution in [0.2, 0.25) is 5.02 Å². The molecule has 2 N–H and O–H groups in total. The zero-order chi connectivity index (χ0) is 27.6. The lowest BCUT2D eigenvalue weighted by Gasteiger charge is -2.16. The molecule has 0 aromatic heterocycles. The van der Waals surface area contributed by atoms with Crippen molar-refractivity contribution in [1.29, 1.82) is 0 Å². The van der Waals surface area contributed by atoms with Gasteiger partial charge in [0.05, 0.1) is 17.4 Å². The number of carbonyl (C=O) groups excluding carboxylic acids is 4. The monoisotopic (exact) mass is 551 g/mol. The number of rotatable bonds is 7. The number of imide groups is 1. The molecule has 0 fully saturated rings. The van der Waals surface area contributed by atoms with Crippen LogP contribution in [0.1, 0.15) is 40.1 Å². The molecule has 0 radical (unpaired) electrons. The van der Waals surface area contributed by atoms with Crippen LogP contribution in [0.3, 0.4) is 0 Å². The van der Waals surface area contributed by atoms with Crippen molar-refractivity contribution in [3.05, 3.63) is 99.2 Å². The molecule has 194 valence electrons. The van der Waals surface area contributed by atoms with E-state index in [2.05, 4.69) is 10.6 Å². The van der Waals surface area contributed by atoms with Crippen molar-refractivity contribution in [3.63, 3.8) is 0 Å². The van der Waals surface area contributed by atoms with Gasteiger partial charge >= 0.3 is 5.97 Å². The van der Waals surface area contributed by atoms with Gasteiger partial charge in [0.2, 0.25) is 0 Å². The summed E-state index contributed by atoms with van der Waals surface area (Å²) in [6.07, 6.45) is -0.281. The molecule has 3 aromatic carbocycles. The summed E-state index contributed by atoms with van der Waals surface area (Å²) in [4.78, 5) is 51.5. The van der Waals surface area contributed by atoms with Gasteiger partial charge in [-0.25, -0.2) is 9.69 Å². The highest BCUT2D eigenvalue weighted by Gasteiger charge is 2.39. The van der Waals surface area contributed by atoms with E-state index < -0.39 is 17.8 Å². The first-order valence-electron chi connectivity index (χ1n) is 11.6. The predicted molar refractivity (Wildman–Crippen MR) is 147 cm³/mol. The fourth-order valence-electron chi connectivity index (χ4n) is 3.65. The third-order valence-corrected chi connectivity index (χ3v) is 6.18. The summed E-state index contributed by atoms with van der Waals surface area (Å²) in [7, 11) is 0. The summed E-state index contributed by atoms with van der Waals surface area (Å²) in [5, 5.41) is 5.91. The van der Waals surface area contributed by atoms with Gasteiger partial charge in [-0.05, 0) is 87.0 Å². The molecule has 38 heavy (non-hydrogen) atoms. The Balaban J connectivity index is 1.45. The minimum atomic E-state index is -0.704. The van der Waals surface area contributed by atoms with Gasteiger partial charge in [-0.15, -0.1) is 0 Å². The Morgan fingerprint density at radius 3 is 2.13 bits per heavy atom. The predicted octanol–water partition coefficient (Wildman–Crippen LogP) is 5.90. The van der Waals surface area contributed by atoms with Gasteiger partial charge in [0.15, 0.2) is 0 Å². The van der Waals surface area contributed by atoms with Gasteiger partial charge in [0.25, 0.3) is 17.7 Å². The molecule has 0 bridgehead atoms. The fourth-order valence-corrected chi connectivity index (χ4v) is 4.03. The van der Waals surface area contributed by atoms with Crippen molar-refractivity contribution in [1.82, 2.24) is 0 Å². The topological polar surface area (TPSA) is 105 Å². The normalized spacial score (nSPS) is 13.3. The average Bonchev–Trinajstić information content (AvgIpc) is 3.09. The first-order chi connectivity index (χ1) is 18.0. The molecule has 0 aliphatic carbocycles. The minimum Gasteiger partial charge on any atom is -0.459 e. The van der Waals surface area contributed by atoms with Gasteiger partial charge < -0.3 is 15.4 Å². The zero-order valence-electron chi connectivity index (χ0n) is 20.7. The molecule has 0 saturated heterocycles. The molecule has 1 heterocycles.